The predicted molar refractivity (Wildman–Crippen MR) is 134 cm³/mol. The van der Waals surface area contributed by atoms with Crippen LogP contribution in [0.1, 0.15) is 50.3 Å². The number of nitrogens with two attached hydrogens (primary N) is 1. The quantitative estimate of drug-likeness (QED) is 0.669. The van der Waals surface area contributed by atoms with Crippen molar-refractivity contribution in [2.24, 2.45) is 0 Å². The van der Waals surface area contributed by atoms with E-state index in [1.807, 2.05) is 17.9 Å². The molecule has 2 saturated heterocycles. The summed E-state index contributed by atoms with van der Waals surface area (Å²) < 4.78 is 0. The molecule has 8 nitrogen and oxygen atoms in total. The molecule has 2 aliphatic heterocycles. The molecule has 0 spiro atoms. The molecule has 2 aliphatic rings. The number of carbonyl (C=O) groups is 1. The number of hydrogen-bond acceptors (Lipinski definition) is 6. The van der Waals surface area contributed by atoms with E-state index in [2.05, 4.69) is 56.3 Å². The van der Waals surface area contributed by atoms with E-state index >= 15 is 0 Å². The third-order valence-corrected chi connectivity index (χ3v) is 6.61. The Labute approximate surface area is 197 Å². The predicted octanol–water partition coefficient (Wildman–Crippen LogP) is 3.56. The van der Waals surface area contributed by atoms with Crippen LogP contribution in [0.15, 0.2) is 30.3 Å². The van der Waals surface area contributed by atoms with E-state index < -0.39 is 0 Å². The first kappa shape index (κ1) is 23.1. The summed E-state index contributed by atoms with van der Waals surface area (Å²) >= 11 is 0. The number of nitrogens with one attached hydrogen (secondary N) is 1. The zero-order valence-electron chi connectivity index (χ0n) is 20.0. The Bertz CT molecular complexity index is 916. The first-order chi connectivity index (χ1) is 16.0. The van der Waals surface area contributed by atoms with Crippen molar-refractivity contribution in [3.8, 4) is 0 Å². The molecule has 4 rings (SSSR count). The molecular formula is C25H37N7O. The highest BCUT2D eigenvalue weighted by atomic mass is 16.2. The Balaban J connectivity index is 1.46. The fraction of sp³-hybridized carbons (Fsp3) is 0.560. The van der Waals surface area contributed by atoms with Crippen LogP contribution in [0.3, 0.4) is 0 Å². The molecule has 0 aliphatic carbocycles. The van der Waals surface area contributed by atoms with Gasteiger partial charge >= 0.3 is 6.03 Å². The van der Waals surface area contributed by atoms with E-state index in [4.69, 9.17) is 5.73 Å². The molecule has 0 radical (unpaired) electrons. The summed E-state index contributed by atoms with van der Waals surface area (Å²) in [5.74, 6) is 1.18. The summed E-state index contributed by atoms with van der Waals surface area (Å²) in [5.41, 5.74) is 9.19. The second kappa shape index (κ2) is 10.7. The van der Waals surface area contributed by atoms with Gasteiger partial charge in [0.15, 0.2) is 0 Å². The zero-order chi connectivity index (χ0) is 23.2. The zero-order valence-corrected chi connectivity index (χ0v) is 20.0. The molecule has 178 valence electrons. The minimum Gasteiger partial charge on any atom is -0.372 e. The van der Waals surface area contributed by atoms with Crippen LogP contribution in [0.25, 0.3) is 0 Å². The lowest BCUT2D eigenvalue weighted by Crippen LogP contribution is -2.50. The fourth-order valence-corrected chi connectivity index (χ4v) is 4.87. The fourth-order valence-electron chi connectivity index (χ4n) is 4.87. The van der Waals surface area contributed by atoms with Gasteiger partial charge in [-0.15, -0.1) is 0 Å². The van der Waals surface area contributed by atoms with Crippen LogP contribution in [0.4, 0.5) is 22.2 Å². The highest BCUT2D eigenvalue weighted by Crippen LogP contribution is 2.26. The Morgan fingerprint density at radius 2 is 1.88 bits per heavy atom. The SMILES string of the molecule is CCCNC(=O)N(Cc1cccc(N2CCCC2)c1)C1CCN(c2cc(C)nc(N)n2)CC1. The lowest BCUT2D eigenvalue weighted by atomic mass is 10.0. The van der Waals surface area contributed by atoms with Crippen LogP contribution in [-0.4, -0.2) is 59.7 Å². The maximum Gasteiger partial charge on any atom is 0.317 e. The molecule has 8 heteroatoms. The van der Waals surface area contributed by atoms with Gasteiger partial charge in [-0.2, -0.15) is 4.98 Å². The van der Waals surface area contributed by atoms with Gasteiger partial charge in [0.1, 0.15) is 5.82 Å². The molecule has 0 bridgehead atoms. The van der Waals surface area contributed by atoms with Gasteiger partial charge in [-0.3, -0.25) is 0 Å². The third-order valence-electron chi connectivity index (χ3n) is 6.61. The van der Waals surface area contributed by atoms with E-state index in [0.29, 0.717) is 19.0 Å². The molecule has 2 amide bonds. The van der Waals surface area contributed by atoms with E-state index in [1.54, 1.807) is 0 Å². The Hall–Kier alpha value is -3.03. The number of amides is 2. The van der Waals surface area contributed by atoms with Crippen LogP contribution >= 0.6 is 0 Å². The maximum atomic E-state index is 13.1. The number of rotatable bonds is 7. The normalized spacial score (nSPS) is 16.8. The first-order valence-corrected chi connectivity index (χ1v) is 12.3. The molecule has 1 aromatic heterocycles. The summed E-state index contributed by atoms with van der Waals surface area (Å²) in [7, 11) is 0. The molecule has 2 aromatic rings. The molecule has 3 heterocycles. The smallest absolute Gasteiger partial charge is 0.317 e. The molecule has 3 N–H and O–H groups in total. The largest absolute Gasteiger partial charge is 0.372 e. The van der Waals surface area contributed by atoms with Crippen molar-refractivity contribution in [2.75, 3.05) is 48.3 Å². The van der Waals surface area contributed by atoms with Crippen LogP contribution in [0.2, 0.25) is 0 Å². The average Bonchev–Trinajstić information content (AvgIpc) is 3.36. The number of anilines is 3. The molecule has 0 atom stereocenters. The molecule has 1 aromatic carbocycles. The lowest BCUT2D eigenvalue weighted by Gasteiger charge is -2.39. The van der Waals surface area contributed by atoms with Crippen molar-refractivity contribution in [1.82, 2.24) is 20.2 Å². The number of nitrogen functional groups attached to an aromatic ring is 1. The van der Waals surface area contributed by atoms with Gasteiger partial charge in [-0.05, 0) is 56.7 Å². The molecule has 33 heavy (non-hydrogen) atoms. The number of aromatic nitrogens is 2. The standard InChI is InChI=1S/C25H37N7O/c1-3-11-27-25(33)32(18-20-7-6-8-22(17-20)30-12-4-5-13-30)21-9-14-31(15-10-21)23-16-19(2)28-24(26)29-23/h6-8,16-17,21H,3-5,9-15,18H2,1-2H3,(H,27,33)(H2,26,28,29). The summed E-state index contributed by atoms with van der Waals surface area (Å²) in [6.07, 6.45) is 5.23. The molecule has 0 unspecified atom stereocenters. The Morgan fingerprint density at radius 1 is 1.12 bits per heavy atom. The van der Waals surface area contributed by atoms with Gasteiger partial charge in [0.2, 0.25) is 5.95 Å². The monoisotopic (exact) mass is 451 g/mol. The van der Waals surface area contributed by atoms with Crippen LogP contribution in [0.5, 0.6) is 0 Å². The number of benzene rings is 1. The van der Waals surface area contributed by atoms with E-state index in [0.717, 1.165) is 57.0 Å². The van der Waals surface area contributed by atoms with Crippen molar-refractivity contribution in [3.05, 3.63) is 41.6 Å². The number of hydrogen-bond donors (Lipinski definition) is 2. The van der Waals surface area contributed by atoms with Crippen LogP contribution < -0.4 is 20.9 Å². The van der Waals surface area contributed by atoms with Gasteiger partial charge in [-0.25, -0.2) is 9.78 Å². The number of nitrogens with zero attached hydrogens (tertiary/aromatic N) is 5. The van der Waals surface area contributed by atoms with Gasteiger partial charge in [-0.1, -0.05) is 19.1 Å². The van der Waals surface area contributed by atoms with Crippen molar-refractivity contribution in [2.45, 2.75) is 58.5 Å². The number of piperidine rings is 1. The minimum atomic E-state index is 0.0315. The van der Waals surface area contributed by atoms with Crippen molar-refractivity contribution < 1.29 is 4.79 Å². The summed E-state index contributed by atoms with van der Waals surface area (Å²) in [5, 5.41) is 3.10. The van der Waals surface area contributed by atoms with Crippen molar-refractivity contribution in [3.63, 3.8) is 0 Å². The summed E-state index contributed by atoms with van der Waals surface area (Å²) in [6.45, 7) is 9.26. The average molecular weight is 452 g/mol. The van der Waals surface area contributed by atoms with Crippen molar-refractivity contribution >= 4 is 23.5 Å². The van der Waals surface area contributed by atoms with Crippen LogP contribution in [0, 0.1) is 6.92 Å². The third kappa shape index (κ3) is 5.86. The lowest BCUT2D eigenvalue weighted by molar-refractivity contribution is 0.158. The summed E-state index contributed by atoms with van der Waals surface area (Å²) in [4.78, 5) is 28.5. The molecule has 0 saturated carbocycles. The minimum absolute atomic E-state index is 0.0315. The maximum absolute atomic E-state index is 13.1. The topological polar surface area (TPSA) is 90.6 Å². The second-order valence-corrected chi connectivity index (χ2v) is 9.17. The van der Waals surface area contributed by atoms with Crippen LogP contribution in [-0.2, 0) is 6.54 Å². The highest BCUT2D eigenvalue weighted by Gasteiger charge is 2.29. The number of urea groups is 1. The van der Waals surface area contributed by atoms with E-state index in [1.165, 1.54) is 24.1 Å². The molecule has 2 fully saturated rings. The molecular weight excluding hydrogens is 414 g/mol. The summed E-state index contributed by atoms with van der Waals surface area (Å²) in [6, 6.07) is 10.9. The number of aryl methyl sites for hydroxylation is 1. The Morgan fingerprint density at radius 3 is 2.58 bits per heavy atom. The first-order valence-electron chi connectivity index (χ1n) is 12.3. The van der Waals surface area contributed by atoms with E-state index in [-0.39, 0.29) is 12.1 Å². The van der Waals surface area contributed by atoms with Gasteiger partial charge in [0.05, 0.1) is 0 Å². The van der Waals surface area contributed by atoms with Gasteiger partial charge in [0, 0.05) is 62.8 Å². The Kier molecular flexibility index (Phi) is 7.52. The van der Waals surface area contributed by atoms with Crippen molar-refractivity contribution in [1.29, 1.82) is 0 Å². The number of carbonyl (C=O) groups excluding carboxylic acids is 1. The van der Waals surface area contributed by atoms with Gasteiger partial charge in [0.25, 0.3) is 0 Å². The van der Waals surface area contributed by atoms with Gasteiger partial charge < -0.3 is 25.8 Å². The second-order valence-electron chi connectivity index (χ2n) is 9.17. The van der Waals surface area contributed by atoms with E-state index in [9.17, 15) is 4.79 Å². The highest BCUT2D eigenvalue weighted by molar-refractivity contribution is 5.74.